The van der Waals surface area contributed by atoms with Gasteiger partial charge in [0.1, 0.15) is 24.1 Å². The van der Waals surface area contributed by atoms with Crippen LogP contribution < -0.4 is 5.32 Å². The summed E-state index contributed by atoms with van der Waals surface area (Å²) in [5.41, 5.74) is -1.24. The van der Waals surface area contributed by atoms with Crippen molar-refractivity contribution in [2.75, 3.05) is 18.5 Å². The fraction of sp³-hybridized carbons (Fsp3) is 0.636. The van der Waals surface area contributed by atoms with Gasteiger partial charge in [0, 0.05) is 6.07 Å². The molecule has 11 heteroatoms. The Morgan fingerprint density at radius 3 is 2.59 bits per heavy atom. The summed E-state index contributed by atoms with van der Waals surface area (Å²) in [4.78, 5) is 6.66. The number of alkyl halides is 3. The molecular weight excluding hydrogens is 331 g/mol. The number of aromatic nitrogens is 2. The third-order valence-electron chi connectivity index (χ3n) is 3.14. The Bertz CT molecular complexity index is 534. The van der Waals surface area contributed by atoms with E-state index in [1.54, 1.807) is 0 Å². The summed E-state index contributed by atoms with van der Waals surface area (Å²) in [7, 11) is 0. The van der Waals surface area contributed by atoms with Crippen LogP contribution in [-0.2, 0) is 10.9 Å². The number of halogens is 4. The fourth-order valence-electron chi connectivity index (χ4n) is 2.00. The Hall–Kier alpha value is -1.20. The molecule has 4 atom stereocenters. The Labute approximate surface area is 127 Å². The van der Waals surface area contributed by atoms with Gasteiger partial charge in [0.25, 0.3) is 0 Å². The molecule has 1 aliphatic rings. The molecule has 1 fully saturated rings. The molecule has 0 radical (unpaired) electrons. The van der Waals surface area contributed by atoms with Gasteiger partial charge in [-0.15, -0.1) is 0 Å². The van der Waals surface area contributed by atoms with Gasteiger partial charge in [0.2, 0.25) is 5.28 Å². The summed E-state index contributed by atoms with van der Waals surface area (Å²) in [6, 6.07) is -0.298. The number of nitrogens with one attached hydrogen (secondary N) is 1. The van der Waals surface area contributed by atoms with E-state index < -0.39 is 48.1 Å². The lowest BCUT2D eigenvalue weighted by Gasteiger charge is -2.37. The number of ether oxygens (including phenoxy) is 1. The molecule has 0 unspecified atom stereocenters. The molecule has 124 valence electrons. The summed E-state index contributed by atoms with van der Waals surface area (Å²) in [5, 5.41) is 30.4. The van der Waals surface area contributed by atoms with Crippen LogP contribution in [0.15, 0.2) is 6.07 Å². The quantitative estimate of drug-likeness (QED) is 0.574. The molecule has 0 amide bonds. The zero-order valence-corrected chi connectivity index (χ0v) is 11.7. The molecule has 2 heterocycles. The van der Waals surface area contributed by atoms with Gasteiger partial charge in [-0.3, -0.25) is 0 Å². The van der Waals surface area contributed by atoms with E-state index >= 15 is 0 Å². The second-order valence-corrected chi connectivity index (χ2v) is 5.03. The van der Waals surface area contributed by atoms with Crippen LogP contribution in [0, 0.1) is 0 Å². The lowest BCUT2D eigenvalue weighted by atomic mass is 9.98. The standard InChI is InChI=1S/C11H13ClF3N3O4/c12-10-17-6(11(13,14)15)1-7(18-10)16-4-3-22-5(2-19)9(21)8(4)20/h1,4-5,8-9,19-21H,2-3H2,(H,16,17,18)/t4-,5+,8+,9-/m0/s1. The van der Waals surface area contributed by atoms with Crippen LogP contribution >= 0.6 is 11.6 Å². The number of aliphatic hydroxyl groups is 3. The second-order valence-electron chi connectivity index (χ2n) is 4.69. The van der Waals surface area contributed by atoms with Gasteiger partial charge in [-0.1, -0.05) is 0 Å². The van der Waals surface area contributed by atoms with Gasteiger partial charge in [0.15, 0.2) is 5.69 Å². The highest BCUT2D eigenvalue weighted by molar-refractivity contribution is 6.28. The predicted molar refractivity (Wildman–Crippen MR) is 68.3 cm³/mol. The molecule has 2 rings (SSSR count). The van der Waals surface area contributed by atoms with Crippen molar-refractivity contribution in [1.29, 1.82) is 0 Å². The van der Waals surface area contributed by atoms with Crippen LogP contribution in [-0.4, -0.2) is 62.9 Å². The Morgan fingerprint density at radius 1 is 1.32 bits per heavy atom. The number of aliphatic hydroxyl groups excluding tert-OH is 3. The molecule has 0 saturated carbocycles. The molecule has 1 aliphatic heterocycles. The molecule has 1 aromatic heterocycles. The van der Waals surface area contributed by atoms with Crippen molar-refractivity contribution in [3.63, 3.8) is 0 Å². The number of nitrogens with zero attached hydrogens (tertiary/aromatic N) is 2. The third-order valence-corrected chi connectivity index (χ3v) is 3.30. The first-order valence-corrected chi connectivity index (χ1v) is 6.57. The maximum absolute atomic E-state index is 12.6. The van der Waals surface area contributed by atoms with E-state index in [9.17, 15) is 23.4 Å². The topological polar surface area (TPSA) is 108 Å². The van der Waals surface area contributed by atoms with Gasteiger partial charge in [-0.25, -0.2) is 9.97 Å². The van der Waals surface area contributed by atoms with Gasteiger partial charge in [-0.2, -0.15) is 13.2 Å². The molecule has 1 aromatic rings. The molecule has 0 aromatic carbocycles. The molecule has 0 bridgehead atoms. The van der Waals surface area contributed by atoms with E-state index in [0.717, 1.165) is 0 Å². The van der Waals surface area contributed by atoms with E-state index in [0.29, 0.717) is 6.07 Å². The van der Waals surface area contributed by atoms with E-state index in [-0.39, 0.29) is 12.4 Å². The summed E-state index contributed by atoms with van der Waals surface area (Å²) >= 11 is 5.45. The summed E-state index contributed by atoms with van der Waals surface area (Å²) in [6.45, 7) is -0.644. The van der Waals surface area contributed by atoms with Gasteiger partial charge in [0.05, 0.1) is 19.3 Å². The lowest BCUT2D eigenvalue weighted by Crippen LogP contribution is -2.56. The fourth-order valence-corrected chi connectivity index (χ4v) is 2.18. The molecular formula is C11H13ClF3N3O4. The summed E-state index contributed by atoms with van der Waals surface area (Å²) in [5.74, 6) is -0.269. The Morgan fingerprint density at radius 2 is 2.00 bits per heavy atom. The smallest absolute Gasteiger partial charge is 0.394 e. The minimum absolute atomic E-state index is 0.146. The van der Waals surface area contributed by atoms with E-state index in [1.807, 2.05) is 0 Å². The first-order valence-electron chi connectivity index (χ1n) is 6.19. The normalized spacial score (nSPS) is 29.4. The van der Waals surface area contributed by atoms with Gasteiger partial charge < -0.3 is 25.4 Å². The van der Waals surface area contributed by atoms with E-state index in [1.165, 1.54) is 0 Å². The molecule has 7 nitrogen and oxygen atoms in total. The number of hydrogen-bond acceptors (Lipinski definition) is 7. The van der Waals surface area contributed by atoms with Gasteiger partial charge in [-0.05, 0) is 11.6 Å². The zero-order chi connectivity index (χ0) is 16.5. The molecule has 22 heavy (non-hydrogen) atoms. The number of hydrogen-bond donors (Lipinski definition) is 4. The van der Waals surface area contributed by atoms with E-state index in [2.05, 4.69) is 15.3 Å². The summed E-state index contributed by atoms with van der Waals surface area (Å²) < 4.78 is 43.0. The van der Waals surface area contributed by atoms with Crippen molar-refractivity contribution < 1.29 is 33.2 Å². The van der Waals surface area contributed by atoms with Crippen molar-refractivity contribution >= 4 is 17.4 Å². The van der Waals surface area contributed by atoms with Crippen LogP contribution in [0.1, 0.15) is 5.69 Å². The minimum Gasteiger partial charge on any atom is -0.394 e. The monoisotopic (exact) mass is 343 g/mol. The highest BCUT2D eigenvalue weighted by Gasteiger charge is 2.39. The average molecular weight is 344 g/mol. The SMILES string of the molecule is OC[C@H]1OC[C@H](Nc2cc(C(F)(F)F)nc(Cl)n2)[C@@H](O)[C@H]1O. The number of rotatable bonds is 3. The molecule has 0 aliphatic carbocycles. The maximum Gasteiger partial charge on any atom is 0.433 e. The van der Waals surface area contributed by atoms with Gasteiger partial charge >= 0.3 is 6.18 Å². The Balaban J connectivity index is 2.16. The first-order chi connectivity index (χ1) is 10.2. The van der Waals surface area contributed by atoms with Crippen LogP contribution in [0.5, 0.6) is 0 Å². The van der Waals surface area contributed by atoms with Crippen molar-refractivity contribution in [2.24, 2.45) is 0 Å². The van der Waals surface area contributed by atoms with Crippen molar-refractivity contribution in [3.05, 3.63) is 17.0 Å². The largest absolute Gasteiger partial charge is 0.433 e. The molecule has 4 N–H and O–H groups in total. The third kappa shape index (κ3) is 3.76. The van der Waals surface area contributed by atoms with Crippen molar-refractivity contribution in [2.45, 2.75) is 30.5 Å². The molecule has 1 saturated heterocycles. The predicted octanol–water partition coefficient (Wildman–Crippen LogP) is 0.0422. The van der Waals surface area contributed by atoms with Crippen molar-refractivity contribution in [1.82, 2.24) is 9.97 Å². The highest BCUT2D eigenvalue weighted by atomic mass is 35.5. The Kier molecular flexibility index (Phi) is 5.07. The second kappa shape index (κ2) is 6.50. The van der Waals surface area contributed by atoms with Crippen LogP contribution in [0.3, 0.4) is 0 Å². The molecule has 0 spiro atoms. The lowest BCUT2D eigenvalue weighted by molar-refractivity contribution is -0.152. The maximum atomic E-state index is 12.6. The average Bonchev–Trinajstić information content (AvgIpc) is 2.43. The highest BCUT2D eigenvalue weighted by Crippen LogP contribution is 2.30. The zero-order valence-electron chi connectivity index (χ0n) is 11.0. The number of anilines is 1. The summed E-state index contributed by atoms with van der Waals surface area (Å²) in [6.07, 6.45) is -8.43. The first kappa shape index (κ1) is 17.2. The van der Waals surface area contributed by atoms with Crippen LogP contribution in [0.2, 0.25) is 5.28 Å². The van der Waals surface area contributed by atoms with Crippen molar-refractivity contribution in [3.8, 4) is 0 Å². The van der Waals surface area contributed by atoms with Crippen LogP contribution in [0.25, 0.3) is 0 Å². The van der Waals surface area contributed by atoms with Crippen LogP contribution in [0.4, 0.5) is 19.0 Å². The minimum atomic E-state index is -4.70. The van der Waals surface area contributed by atoms with E-state index in [4.69, 9.17) is 21.4 Å².